The number of non-ortho nitro benzene ring substituents is 1. The lowest BCUT2D eigenvalue weighted by molar-refractivity contribution is -0.385. The van der Waals surface area contributed by atoms with Crippen molar-refractivity contribution in [2.75, 3.05) is 0 Å². The van der Waals surface area contributed by atoms with Gasteiger partial charge in [-0.15, -0.1) is 5.10 Å². The van der Waals surface area contributed by atoms with Crippen molar-refractivity contribution in [1.29, 1.82) is 0 Å². The summed E-state index contributed by atoms with van der Waals surface area (Å²) in [7, 11) is 0. The van der Waals surface area contributed by atoms with Gasteiger partial charge < -0.3 is 5.32 Å². The molecular formula is C12H14FN5O2. The van der Waals surface area contributed by atoms with Crippen LogP contribution in [-0.4, -0.2) is 26.0 Å². The number of hydrogen-bond acceptors (Lipinski definition) is 5. The lowest BCUT2D eigenvalue weighted by Crippen LogP contribution is -2.21. The molecule has 0 aliphatic carbocycles. The third kappa shape index (κ3) is 3.35. The maximum absolute atomic E-state index is 13.4. The summed E-state index contributed by atoms with van der Waals surface area (Å²) in [5, 5.41) is 21.6. The highest BCUT2D eigenvalue weighted by molar-refractivity contribution is 5.43. The molecule has 0 fully saturated rings. The molecule has 0 unspecified atom stereocenters. The number of nitrogens with one attached hydrogen (secondary N) is 1. The van der Waals surface area contributed by atoms with Crippen LogP contribution in [0.2, 0.25) is 0 Å². The molecule has 7 nitrogen and oxygen atoms in total. The monoisotopic (exact) mass is 279 g/mol. The maximum Gasteiger partial charge on any atom is 0.274 e. The summed E-state index contributed by atoms with van der Waals surface area (Å²) in [6, 6.07) is 3.58. The number of nitrogens with zero attached hydrogens (tertiary/aromatic N) is 4. The summed E-state index contributed by atoms with van der Waals surface area (Å²) < 4.78 is 14.7. The Morgan fingerprint density at radius 2 is 2.20 bits per heavy atom. The van der Waals surface area contributed by atoms with E-state index in [9.17, 15) is 14.5 Å². The standard InChI is InChI=1S/C12H14FN5O2/c1-8(2)14-6-10-7-17(16-15-10)11-3-9(13)4-12(5-11)18(19)20/h3-5,7-8,14H,6H2,1-2H3. The van der Waals surface area contributed by atoms with Crippen LogP contribution in [0.25, 0.3) is 5.69 Å². The first-order valence-corrected chi connectivity index (χ1v) is 6.05. The van der Waals surface area contributed by atoms with E-state index in [0.29, 0.717) is 18.3 Å². The summed E-state index contributed by atoms with van der Waals surface area (Å²) in [5.41, 5.74) is 0.614. The Labute approximate surface area is 114 Å². The molecule has 0 bridgehead atoms. The van der Waals surface area contributed by atoms with E-state index in [4.69, 9.17) is 0 Å². The van der Waals surface area contributed by atoms with Crippen molar-refractivity contribution in [3.63, 3.8) is 0 Å². The molecule has 20 heavy (non-hydrogen) atoms. The fourth-order valence-electron chi connectivity index (χ4n) is 1.61. The maximum atomic E-state index is 13.4. The molecule has 0 atom stereocenters. The van der Waals surface area contributed by atoms with E-state index in [1.807, 2.05) is 13.8 Å². The molecule has 0 aliphatic rings. The quantitative estimate of drug-likeness (QED) is 0.666. The molecule has 0 saturated carbocycles. The highest BCUT2D eigenvalue weighted by Gasteiger charge is 2.12. The summed E-state index contributed by atoms with van der Waals surface area (Å²) in [5.74, 6) is -0.688. The van der Waals surface area contributed by atoms with Gasteiger partial charge in [-0.3, -0.25) is 10.1 Å². The van der Waals surface area contributed by atoms with Crippen LogP contribution in [0.1, 0.15) is 19.5 Å². The van der Waals surface area contributed by atoms with Gasteiger partial charge in [0.2, 0.25) is 0 Å². The molecule has 1 heterocycles. The first-order chi connectivity index (χ1) is 9.45. The van der Waals surface area contributed by atoms with E-state index in [1.54, 1.807) is 6.20 Å². The van der Waals surface area contributed by atoms with Gasteiger partial charge in [-0.1, -0.05) is 19.1 Å². The summed E-state index contributed by atoms with van der Waals surface area (Å²) in [6.07, 6.45) is 1.61. The zero-order valence-corrected chi connectivity index (χ0v) is 11.1. The fraction of sp³-hybridized carbons (Fsp3) is 0.333. The van der Waals surface area contributed by atoms with E-state index in [2.05, 4.69) is 15.6 Å². The van der Waals surface area contributed by atoms with Crippen molar-refractivity contribution in [1.82, 2.24) is 20.3 Å². The zero-order chi connectivity index (χ0) is 14.7. The summed E-state index contributed by atoms with van der Waals surface area (Å²) in [4.78, 5) is 10.1. The lowest BCUT2D eigenvalue weighted by atomic mass is 10.2. The number of aromatic nitrogens is 3. The second-order valence-corrected chi connectivity index (χ2v) is 4.61. The number of rotatable bonds is 5. The van der Waals surface area contributed by atoms with Crippen molar-refractivity contribution in [3.05, 3.63) is 46.0 Å². The van der Waals surface area contributed by atoms with Crippen LogP contribution in [0, 0.1) is 15.9 Å². The normalized spacial score (nSPS) is 11.0. The third-order valence-corrected chi connectivity index (χ3v) is 2.57. The average Bonchev–Trinajstić information content (AvgIpc) is 2.84. The molecule has 106 valence electrons. The number of hydrogen-bond donors (Lipinski definition) is 1. The molecule has 1 N–H and O–H groups in total. The van der Waals surface area contributed by atoms with E-state index in [1.165, 1.54) is 16.8 Å². The second kappa shape index (κ2) is 5.74. The molecule has 0 saturated heterocycles. The van der Waals surface area contributed by atoms with Crippen LogP contribution in [-0.2, 0) is 6.54 Å². The van der Waals surface area contributed by atoms with E-state index in [-0.39, 0.29) is 11.4 Å². The highest BCUT2D eigenvalue weighted by atomic mass is 19.1. The Balaban J connectivity index is 2.25. The Morgan fingerprint density at radius 3 is 2.85 bits per heavy atom. The van der Waals surface area contributed by atoms with Crippen molar-refractivity contribution >= 4 is 5.69 Å². The van der Waals surface area contributed by atoms with Crippen LogP contribution in [0.5, 0.6) is 0 Å². The molecule has 0 radical (unpaired) electrons. The van der Waals surface area contributed by atoms with Crippen molar-refractivity contribution in [2.24, 2.45) is 0 Å². The number of benzene rings is 1. The average molecular weight is 279 g/mol. The topological polar surface area (TPSA) is 85.9 Å². The van der Waals surface area contributed by atoms with Crippen molar-refractivity contribution < 1.29 is 9.31 Å². The minimum absolute atomic E-state index is 0.264. The van der Waals surface area contributed by atoms with Gasteiger partial charge in [0.05, 0.1) is 28.6 Å². The largest absolute Gasteiger partial charge is 0.309 e. The smallest absolute Gasteiger partial charge is 0.274 e. The predicted molar refractivity (Wildman–Crippen MR) is 69.9 cm³/mol. The number of halogens is 1. The molecule has 0 aliphatic heterocycles. The van der Waals surface area contributed by atoms with Gasteiger partial charge in [0.15, 0.2) is 0 Å². The fourth-order valence-corrected chi connectivity index (χ4v) is 1.61. The SMILES string of the molecule is CC(C)NCc1cn(-c2cc(F)cc([N+](=O)[O-])c2)nn1. The Kier molecular flexibility index (Phi) is 4.04. The van der Waals surface area contributed by atoms with Gasteiger partial charge in [0.1, 0.15) is 5.82 Å². The summed E-state index contributed by atoms with van der Waals surface area (Å²) >= 11 is 0. The van der Waals surface area contributed by atoms with Gasteiger partial charge in [0, 0.05) is 24.7 Å². The first kappa shape index (κ1) is 14.1. The van der Waals surface area contributed by atoms with Gasteiger partial charge in [-0.25, -0.2) is 9.07 Å². The van der Waals surface area contributed by atoms with Crippen LogP contribution in [0.3, 0.4) is 0 Å². The molecule has 1 aromatic heterocycles. The number of nitro groups is 1. The zero-order valence-electron chi connectivity index (χ0n) is 11.1. The van der Waals surface area contributed by atoms with Crippen molar-refractivity contribution in [3.8, 4) is 5.69 Å². The minimum atomic E-state index is -0.688. The predicted octanol–water partition coefficient (Wildman–Crippen LogP) is 1.81. The Hall–Kier alpha value is -2.35. The van der Waals surface area contributed by atoms with Gasteiger partial charge in [-0.05, 0) is 0 Å². The molecular weight excluding hydrogens is 265 g/mol. The molecule has 0 spiro atoms. The first-order valence-electron chi connectivity index (χ1n) is 6.05. The van der Waals surface area contributed by atoms with Crippen molar-refractivity contribution in [2.45, 2.75) is 26.4 Å². The third-order valence-electron chi connectivity index (χ3n) is 2.57. The second-order valence-electron chi connectivity index (χ2n) is 4.61. The van der Waals surface area contributed by atoms with Gasteiger partial charge >= 0.3 is 0 Å². The van der Waals surface area contributed by atoms with E-state index < -0.39 is 10.7 Å². The van der Waals surface area contributed by atoms with Gasteiger partial charge in [-0.2, -0.15) is 0 Å². The number of nitro benzene ring substituents is 1. The van der Waals surface area contributed by atoms with Crippen LogP contribution >= 0.6 is 0 Å². The highest BCUT2D eigenvalue weighted by Crippen LogP contribution is 2.18. The summed E-state index contributed by atoms with van der Waals surface area (Å²) in [6.45, 7) is 4.52. The van der Waals surface area contributed by atoms with Crippen LogP contribution in [0.15, 0.2) is 24.4 Å². The van der Waals surface area contributed by atoms with Crippen LogP contribution < -0.4 is 5.32 Å². The lowest BCUT2D eigenvalue weighted by Gasteiger charge is -2.04. The van der Waals surface area contributed by atoms with Gasteiger partial charge in [0.25, 0.3) is 5.69 Å². The molecule has 1 aromatic carbocycles. The minimum Gasteiger partial charge on any atom is -0.309 e. The van der Waals surface area contributed by atoms with E-state index in [0.717, 1.165) is 6.07 Å². The molecule has 8 heteroatoms. The van der Waals surface area contributed by atoms with Crippen LogP contribution in [0.4, 0.5) is 10.1 Å². The molecule has 0 amide bonds. The van der Waals surface area contributed by atoms with E-state index >= 15 is 0 Å². The Bertz CT molecular complexity index is 626. The molecule has 2 aromatic rings. The Morgan fingerprint density at radius 1 is 1.45 bits per heavy atom. The molecule has 2 rings (SSSR count).